The lowest BCUT2D eigenvalue weighted by Crippen LogP contribution is -2.42. The van der Waals surface area contributed by atoms with Gasteiger partial charge in [0.25, 0.3) is 0 Å². The van der Waals surface area contributed by atoms with Gasteiger partial charge in [0.15, 0.2) is 0 Å². The van der Waals surface area contributed by atoms with Crippen LogP contribution in [0.4, 0.5) is 4.39 Å². The summed E-state index contributed by atoms with van der Waals surface area (Å²) in [5.41, 5.74) is 3.00. The van der Waals surface area contributed by atoms with Gasteiger partial charge in [-0.25, -0.2) is 17.9 Å². The SMILES string of the molecule is CC1C(S(N)(=O)=O)C=C(c2cc3c(c(C(C)(C)C)c2)OCCC3F)N1CC1CCCCC1. The van der Waals surface area contributed by atoms with Crippen molar-refractivity contribution in [2.24, 2.45) is 11.1 Å². The zero-order valence-electron chi connectivity index (χ0n) is 19.7. The van der Waals surface area contributed by atoms with E-state index in [1.54, 1.807) is 6.08 Å². The fraction of sp³-hybridized carbons (Fsp3) is 0.680. The van der Waals surface area contributed by atoms with Gasteiger partial charge in [0, 0.05) is 35.8 Å². The summed E-state index contributed by atoms with van der Waals surface area (Å²) < 4.78 is 45.7. The first-order chi connectivity index (χ1) is 15.0. The second-order valence-electron chi connectivity index (χ2n) is 10.8. The number of sulfonamides is 1. The lowest BCUT2D eigenvalue weighted by Gasteiger charge is -2.35. The third-order valence-electron chi connectivity index (χ3n) is 7.33. The third kappa shape index (κ3) is 4.56. The second kappa shape index (κ2) is 8.64. The van der Waals surface area contributed by atoms with Crippen LogP contribution in [-0.2, 0) is 15.4 Å². The van der Waals surface area contributed by atoms with Crippen molar-refractivity contribution in [1.82, 2.24) is 4.90 Å². The Morgan fingerprint density at radius 2 is 1.84 bits per heavy atom. The van der Waals surface area contributed by atoms with Crippen LogP contribution >= 0.6 is 0 Å². The Balaban J connectivity index is 1.81. The van der Waals surface area contributed by atoms with Gasteiger partial charge in [-0.1, -0.05) is 40.0 Å². The number of alkyl halides is 1. The monoisotopic (exact) mass is 464 g/mol. The standard InChI is InChI=1S/C25H37FN2O3S/c1-16-23(32(27,29)30)14-22(28(16)15-17-8-6-5-7-9-17)18-12-19-21(26)10-11-31-24(19)20(13-18)25(2,3)4/h12-14,16-17,21,23H,5-11,15H2,1-4H3,(H2,27,29,30). The number of hydrogen-bond donors (Lipinski definition) is 1. The van der Waals surface area contributed by atoms with Crippen LogP contribution in [-0.4, -0.2) is 37.8 Å². The van der Waals surface area contributed by atoms with E-state index in [4.69, 9.17) is 9.88 Å². The minimum Gasteiger partial charge on any atom is -0.493 e. The molecule has 178 valence electrons. The molecule has 4 rings (SSSR count). The molecule has 3 atom stereocenters. The summed E-state index contributed by atoms with van der Waals surface area (Å²) in [4.78, 5) is 2.20. The van der Waals surface area contributed by atoms with Crippen LogP contribution in [0.1, 0.15) is 89.1 Å². The Hall–Kier alpha value is -1.60. The van der Waals surface area contributed by atoms with Crippen molar-refractivity contribution in [3.63, 3.8) is 0 Å². The fourth-order valence-electron chi connectivity index (χ4n) is 5.50. The number of rotatable bonds is 4. The number of primary sulfonamides is 1. The number of benzene rings is 1. The van der Waals surface area contributed by atoms with Gasteiger partial charge in [-0.2, -0.15) is 0 Å². The molecular formula is C25H37FN2O3S. The topological polar surface area (TPSA) is 72.6 Å². The zero-order valence-corrected chi connectivity index (χ0v) is 20.6. The summed E-state index contributed by atoms with van der Waals surface area (Å²) >= 11 is 0. The highest BCUT2D eigenvalue weighted by Gasteiger charge is 2.40. The van der Waals surface area contributed by atoms with E-state index in [0.29, 0.717) is 30.3 Å². The van der Waals surface area contributed by atoms with Crippen molar-refractivity contribution < 1.29 is 17.5 Å². The van der Waals surface area contributed by atoms with Crippen molar-refractivity contribution in [2.75, 3.05) is 13.2 Å². The predicted octanol–water partition coefficient (Wildman–Crippen LogP) is 5.06. The van der Waals surface area contributed by atoms with Crippen molar-refractivity contribution in [3.8, 4) is 5.75 Å². The molecule has 7 heteroatoms. The maximum Gasteiger partial charge on any atom is 0.217 e. The molecule has 32 heavy (non-hydrogen) atoms. The molecule has 1 aliphatic carbocycles. The fourth-order valence-corrected chi connectivity index (χ4v) is 6.52. The van der Waals surface area contributed by atoms with Gasteiger partial charge in [-0.3, -0.25) is 0 Å². The van der Waals surface area contributed by atoms with Crippen LogP contribution in [0.2, 0.25) is 0 Å². The Bertz CT molecular complexity index is 993. The number of nitrogens with two attached hydrogens (primary N) is 1. The molecule has 1 aromatic carbocycles. The predicted molar refractivity (Wildman–Crippen MR) is 127 cm³/mol. The highest BCUT2D eigenvalue weighted by atomic mass is 32.2. The first kappa shape index (κ1) is 23.6. The van der Waals surface area contributed by atoms with Crippen LogP contribution in [0.5, 0.6) is 5.75 Å². The van der Waals surface area contributed by atoms with E-state index in [-0.39, 0.29) is 11.5 Å². The summed E-state index contributed by atoms with van der Waals surface area (Å²) in [6, 6.07) is 3.68. The Labute approximate surface area is 192 Å². The lowest BCUT2D eigenvalue weighted by molar-refractivity contribution is 0.196. The quantitative estimate of drug-likeness (QED) is 0.676. The number of fused-ring (bicyclic) bond motifs is 1. The maximum absolute atomic E-state index is 15.0. The molecule has 0 radical (unpaired) electrons. The van der Waals surface area contributed by atoms with Gasteiger partial charge in [0.05, 0.1) is 6.61 Å². The molecule has 0 spiro atoms. The minimum atomic E-state index is -3.75. The van der Waals surface area contributed by atoms with E-state index in [1.165, 1.54) is 19.3 Å². The summed E-state index contributed by atoms with van der Waals surface area (Å²) in [7, 11) is -3.75. The van der Waals surface area contributed by atoms with Crippen molar-refractivity contribution in [2.45, 2.75) is 89.1 Å². The second-order valence-corrected chi connectivity index (χ2v) is 12.5. The largest absolute Gasteiger partial charge is 0.493 e. The average molecular weight is 465 g/mol. The molecule has 1 saturated carbocycles. The number of halogens is 1. The van der Waals surface area contributed by atoms with Gasteiger partial charge >= 0.3 is 0 Å². The van der Waals surface area contributed by atoms with E-state index in [2.05, 4.69) is 31.7 Å². The van der Waals surface area contributed by atoms with Crippen LogP contribution in [0.3, 0.4) is 0 Å². The molecule has 2 heterocycles. The summed E-state index contributed by atoms with van der Waals surface area (Å²) in [6.07, 6.45) is 7.07. The molecule has 0 aromatic heterocycles. The Morgan fingerprint density at radius 3 is 2.47 bits per heavy atom. The molecule has 5 nitrogen and oxygen atoms in total. The van der Waals surface area contributed by atoms with E-state index in [9.17, 15) is 12.8 Å². The van der Waals surface area contributed by atoms with Gasteiger partial charge in [-0.05, 0) is 54.9 Å². The van der Waals surface area contributed by atoms with Crippen LogP contribution < -0.4 is 9.88 Å². The number of ether oxygens (including phenoxy) is 1. The Kier molecular flexibility index (Phi) is 6.36. The van der Waals surface area contributed by atoms with Crippen molar-refractivity contribution >= 4 is 15.7 Å². The molecule has 0 saturated heterocycles. The molecule has 2 aliphatic heterocycles. The lowest BCUT2D eigenvalue weighted by atomic mass is 9.82. The molecule has 1 aromatic rings. The number of hydrogen-bond acceptors (Lipinski definition) is 4. The van der Waals surface area contributed by atoms with Gasteiger partial charge in [0.1, 0.15) is 17.2 Å². The normalized spacial score (nSPS) is 27.1. The maximum atomic E-state index is 15.0. The molecule has 0 bridgehead atoms. The molecule has 3 aliphatic rings. The zero-order chi connectivity index (χ0) is 23.3. The van der Waals surface area contributed by atoms with Crippen molar-refractivity contribution in [1.29, 1.82) is 0 Å². The Morgan fingerprint density at radius 1 is 1.16 bits per heavy atom. The van der Waals surface area contributed by atoms with Gasteiger partial charge < -0.3 is 9.64 Å². The smallest absolute Gasteiger partial charge is 0.217 e. The first-order valence-electron chi connectivity index (χ1n) is 11.9. The average Bonchev–Trinajstić information content (AvgIpc) is 3.04. The third-order valence-corrected chi connectivity index (χ3v) is 8.62. The van der Waals surface area contributed by atoms with Crippen LogP contribution in [0, 0.1) is 5.92 Å². The molecular weight excluding hydrogens is 427 g/mol. The molecule has 3 unspecified atom stereocenters. The molecule has 2 N–H and O–H groups in total. The van der Waals surface area contributed by atoms with Gasteiger partial charge in [0.2, 0.25) is 10.0 Å². The van der Waals surface area contributed by atoms with Crippen molar-refractivity contribution in [3.05, 3.63) is 34.9 Å². The van der Waals surface area contributed by atoms with E-state index < -0.39 is 21.4 Å². The first-order valence-corrected chi connectivity index (χ1v) is 13.5. The highest BCUT2D eigenvalue weighted by Crippen LogP contribution is 2.45. The van der Waals surface area contributed by atoms with Gasteiger partial charge in [-0.15, -0.1) is 0 Å². The highest BCUT2D eigenvalue weighted by molar-refractivity contribution is 7.90. The summed E-state index contributed by atoms with van der Waals surface area (Å²) in [5.74, 6) is 1.18. The van der Waals surface area contributed by atoms with E-state index >= 15 is 0 Å². The number of nitrogens with zero attached hydrogens (tertiary/aromatic N) is 1. The summed E-state index contributed by atoms with van der Waals surface area (Å²) in [6.45, 7) is 9.39. The van der Waals surface area contributed by atoms with E-state index in [1.807, 2.05) is 13.0 Å². The molecule has 0 amide bonds. The van der Waals surface area contributed by atoms with E-state index in [0.717, 1.165) is 36.2 Å². The minimum absolute atomic E-state index is 0.241. The summed E-state index contributed by atoms with van der Waals surface area (Å²) in [5, 5.41) is 4.85. The molecule has 1 fully saturated rings. The van der Waals surface area contributed by atoms with Crippen LogP contribution in [0.25, 0.3) is 5.70 Å². The van der Waals surface area contributed by atoms with Crippen LogP contribution in [0.15, 0.2) is 18.2 Å².